The molecule has 430 valence electrons. The molecule has 0 saturated carbocycles. The zero-order chi connectivity index (χ0) is 59.9. The first-order chi connectivity index (χ1) is 39.2. The summed E-state index contributed by atoms with van der Waals surface area (Å²) in [5.74, 6) is 0. The van der Waals surface area contributed by atoms with Crippen LogP contribution in [0.15, 0.2) is 138 Å². The first kappa shape index (κ1) is 56.2. The van der Waals surface area contributed by atoms with Crippen LogP contribution in [0.4, 0.5) is 51.2 Å². The molecule has 3 heterocycles. The lowest BCUT2D eigenvalue weighted by Crippen LogP contribution is -2.62. The van der Waals surface area contributed by atoms with Gasteiger partial charge in [-0.1, -0.05) is 184 Å². The van der Waals surface area contributed by atoms with Gasteiger partial charge in [-0.05, 0) is 223 Å². The summed E-state index contributed by atoms with van der Waals surface area (Å²) >= 11 is 0. The molecule has 0 N–H and O–H groups in total. The molecule has 1 aromatic heterocycles. The molecule has 0 fully saturated rings. The zero-order valence-electron chi connectivity index (χ0n) is 54.4. The summed E-state index contributed by atoms with van der Waals surface area (Å²) in [6, 6.07) is 53.3. The van der Waals surface area contributed by atoms with Crippen LogP contribution in [0.5, 0.6) is 0 Å². The maximum absolute atomic E-state index is 7.33. The van der Waals surface area contributed by atoms with Crippen molar-refractivity contribution < 1.29 is 4.42 Å². The third-order valence-electron chi connectivity index (χ3n) is 20.7. The molecule has 0 unspecified atom stereocenters. The molecule has 4 nitrogen and oxygen atoms in total. The molecule has 9 aromatic rings. The number of anilines is 9. The van der Waals surface area contributed by atoms with Gasteiger partial charge in [0.05, 0.1) is 5.69 Å². The molecule has 0 spiro atoms. The number of furan rings is 1. The second-order valence-corrected chi connectivity index (χ2v) is 31.8. The lowest BCUT2D eigenvalue weighted by molar-refractivity contribution is 0.332. The fraction of sp³-hybridized carbons (Fsp3) is 0.392. The number of hydrogen-bond acceptors (Lipinski definition) is 4. The summed E-state index contributed by atoms with van der Waals surface area (Å²) in [6.45, 7) is 47.4. The van der Waals surface area contributed by atoms with Gasteiger partial charge in [-0.25, -0.2) is 0 Å². The third kappa shape index (κ3) is 8.81. The molecule has 8 aromatic carbocycles. The first-order valence-electron chi connectivity index (χ1n) is 31.4. The van der Waals surface area contributed by atoms with E-state index < -0.39 is 0 Å². The molecule has 0 bridgehead atoms. The molecule has 0 radical (unpaired) electrons. The number of benzene rings is 8. The van der Waals surface area contributed by atoms with E-state index in [9.17, 15) is 0 Å². The predicted molar refractivity (Wildman–Crippen MR) is 363 cm³/mol. The van der Waals surface area contributed by atoms with Gasteiger partial charge < -0.3 is 19.1 Å². The minimum Gasteiger partial charge on any atom is -0.454 e. The molecule has 2 aliphatic heterocycles. The Balaban J connectivity index is 1.14. The second-order valence-electron chi connectivity index (χ2n) is 31.8. The summed E-state index contributed by atoms with van der Waals surface area (Å²) < 4.78 is 7.33. The van der Waals surface area contributed by atoms with Crippen LogP contribution in [0.3, 0.4) is 0 Å². The molecular formula is C79H90BN3O. The van der Waals surface area contributed by atoms with Gasteiger partial charge in [-0.2, -0.15) is 0 Å². The molecular weight excluding hydrogens is 1020 g/mol. The number of para-hydroxylation sites is 1. The largest absolute Gasteiger partial charge is 0.454 e. The van der Waals surface area contributed by atoms with Gasteiger partial charge in [0.1, 0.15) is 5.58 Å². The molecule has 4 aliphatic rings. The Kier molecular flexibility index (Phi) is 12.4. The highest BCUT2D eigenvalue weighted by molar-refractivity contribution is 7.00. The van der Waals surface area contributed by atoms with Crippen LogP contribution in [-0.4, -0.2) is 6.71 Å². The number of nitrogens with zero attached hydrogens (tertiary/aromatic N) is 3. The van der Waals surface area contributed by atoms with E-state index in [1.807, 2.05) is 0 Å². The molecule has 84 heavy (non-hydrogen) atoms. The van der Waals surface area contributed by atoms with E-state index in [0.29, 0.717) is 0 Å². The number of fused-ring (bicyclic) bond motifs is 9. The van der Waals surface area contributed by atoms with Crippen LogP contribution in [-0.2, 0) is 37.9 Å². The highest BCUT2D eigenvalue weighted by atomic mass is 16.3. The molecule has 2 aliphatic carbocycles. The lowest BCUT2D eigenvalue weighted by atomic mass is 9.33. The highest BCUT2D eigenvalue weighted by Gasteiger charge is 2.48. The SMILES string of the molecule is Cc1cc2c3c(c1)N(c1cccc4c1oc1cc(C(C)(C)C)ccc14)c1cc(N(c4ccc(C(C)(C)C)cc4C)c4ccc(C(C)(C)C)cc4C)ccc1B3c1cc3c(cc1N2c1ccc2c(c1)C(C)(C)CCC2(C)C)C(C)(C)CCC3(C)C. The van der Waals surface area contributed by atoms with Gasteiger partial charge in [0.2, 0.25) is 0 Å². The predicted octanol–water partition coefficient (Wildman–Crippen LogP) is 20.7. The van der Waals surface area contributed by atoms with Crippen LogP contribution in [0.1, 0.15) is 199 Å². The highest BCUT2D eigenvalue weighted by Crippen LogP contribution is 2.54. The van der Waals surface area contributed by atoms with Crippen LogP contribution in [0.25, 0.3) is 21.9 Å². The van der Waals surface area contributed by atoms with Gasteiger partial charge in [-0.3, -0.25) is 0 Å². The van der Waals surface area contributed by atoms with E-state index in [2.05, 4.69) is 287 Å². The molecule has 5 heteroatoms. The van der Waals surface area contributed by atoms with Crippen molar-refractivity contribution in [3.05, 3.63) is 189 Å². The molecule has 0 atom stereocenters. The van der Waals surface area contributed by atoms with Gasteiger partial charge in [0, 0.05) is 56.3 Å². The summed E-state index contributed by atoms with van der Waals surface area (Å²) in [4.78, 5) is 7.84. The quantitative estimate of drug-likeness (QED) is 0.160. The minimum absolute atomic E-state index is 0.000995. The van der Waals surface area contributed by atoms with Crippen molar-refractivity contribution in [3.63, 3.8) is 0 Å². The van der Waals surface area contributed by atoms with Crippen LogP contribution < -0.4 is 31.1 Å². The zero-order valence-corrected chi connectivity index (χ0v) is 54.4. The summed E-state index contributed by atoms with van der Waals surface area (Å²) in [7, 11) is 0. The smallest absolute Gasteiger partial charge is 0.252 e. The Morgan fingerprint density at radius 1 is 0.429 bits per heavy atom. The number of aryl methyl sites for hydroxylation is 3. The van der Waals surface area contributed by atoms with Crippen molar-refractivity contribution >= 4 is 96.2 Å². The maximum Gasteiger partial charge on any atom is 0.252 e. The minimum atomic E-state index is -0.0698. The first-order valence-corrected chi connectivity index (χ1v) is 31.4. The van der Waals surface area contributed by atoms with Crippen molar-refractivity contribution in [1.82, 2.24) is 0 Å². The number of rotatable bonds is 5. The summed E-state index contributed by atoms with van der Waals surface area (Å²) in [6.07, 6.45) is 4.63. The van der Waals surface area contributed by atoms with Crippen molar-refractivity contribution in [2.24, 2.45) is 0 Å². The fourth-order valence-electron chi connectivity index (χ4n) is 15.1. The van der Waals surface area contributed by atoms with E-state index in [1.54, 1.807) is 0 Å². The summed E-state index contributed by atoms with van der Waals surface area (Å²) in [5, 5.41) is 2.26. The lowest BCUT2D eigenvalue weighted by Gasteiger charge is -2.48. The monoisotopic (exact) mass is 1110 g/mol. The second kappa shape index (κ2) is 18.5. The maximum atomic E-state index is 7.33. The Bertz CT molecular complexity index is 4150. The van der Waals surface area contributed by atoms with E-state index >= 15 is 0 Å². The Labute approximate surface area is 503 Å². The summed E-state index contributed by atoms with van der Waals surface area (Å²) in [5.41, 5.74) is 30.1. The van der Waals surface area contributed by atoms with Crippen molar-refractivity contribution in [2.45, 2.75) is 202 Å². The van der Waals surface area contributed by atoms with Gasteiger partial charge in [0.15, 0.2) is 5.58 Å². The third-order valence-corrected chi connectivity index (χ3v) is 20.7. The number of hydrogen-bond donors (Lipinski definition) is 0. The van der Waals surface area contributed by atoms with Crippen LogP contribution in [0, 0.1) is 20.8 Å². The molecule has 0 saturated heterocycles. The average Bonchev–Trinajstić information content (AvgIpc) is 0.756. The standard InChI is InChI=1S/C79H90BN3O/c1-47-38-68-71-69(39-47)83(65-23-21-22-56-55-29-24-52(75(10,11)12)42-70(55)84-72(56)65)66-44-54(81(63-32-25-50(40-48(63)2)73(4,5)6)64-33-26-51(41-49(64)3)74(7,8)9)28-31-61(66)80(71)62-45-59-60(79(19,20)37-36-78(59,17)18)46-67(62)82(68)53-27-30-57-58(43-53)77(15,16)35-34-76(57,13)14/h21-33,38-46H,34-37H2,1-20H3. The normalized spacial score (nSPS) is 17.4. The Hall–Kier alpha value is -6.98. The molecule has 0 amide bonds. The van der Waals surface area contributed by atoms with E-state index in [1.165, 1.54) is 113 Å². The van der Waals surface area contributed by atoms with Crippen LogP contribution in [0.2, 0.25) is 0 Å². The van der Waals surface area contributed by atoms with Gasteiger partial charge in [0.25, 0.3) is 6.71 Å². The Morgan fingerprint density at radius 3 is 1.51 bits per heavy atom. The van der Waals surface area contributed by atoms with Crippen molar-refractivity contribution in [1.29, 1.82) is 0 Å². The van der Waals surface area contributed by atoms with E-state index in [-0.39, 0.29) is 44.6 Å². The Morgan fingerprint density at radius 2 is 0.940 bits per heavy atom. The average molecular weight is 1110 g/mol. The van der Waals surface area contributed by atoms with Crippen molar-refractivity contribution in [3.8, 4) is 0 Å². The topological polar surface area (TPSA) is 22.9 Å². The van der Waals surface area contributed by atoms with Gasteiger partial charge in [-0.15, -0.1) is 0 Å². The van der Waals surface area contributed by atoms with Crippen LogP contribution >= 0.6 is 0 Å². The van der Waals surface area contributed by atoms with E-state index in [4.69, 9.17) is 4.42 Å². The fourth-order valence-corrected chi connectivity index (χ4v) is 15.1. The molecule has 13 rings (SSSR count). The van der Waals surface area contributed by atoms with E-state index in [0.717, 1.165) is 58.3 Å². The van der Waals surface area contributed by atoms with Crippen molar-refractivity contribution in [2.75, 3.05) is 14.7 Å². The van der Waals surface area contributed by atoms with Gasteiger partial charge >= 0.3 is 0 Å².